The first-order valence-corrected chi connectivity index (χ1v) is 28.3. The Kier molecular flexibility index (Phi) is 39.8. The molecule has 0 aliphatic heterocycles. The van der Waals surface area contributed by atoms with Crippen molar-refractivity contribution in [3.63, 3.8) is 0 Å². The van der Waals surface area contributed by atoms with Crippen LogP contribution in [0.5, 0.6) is 0 Å². The Bertz CT molecular complexity index is 1150. The van der Waals surface area contributed by atoms with Crippen molar-refractivity contribution >= 4 is 19.8 Å². The van der Waals surface area contributed by atoms with Crippen molar-refractivity contribution in [3.05, 3.63) is 0 Å². The number of aliphatic hydroxyl groups is 5. The van der Waals surface area contributed by atoms with Gasteiger partial charge in [0.25, 0.3) is 0 Å². The number of unbranched alkanes of at least 4 members (excludes halogenated alkanes) is 34. The summed E-state index contributed by atoms with van der Waals surface area (Å²) in [5.41, 5.74) is 0. The van der Waals surface area contributed by atoms with Crippen LogP contribution in [0.1, 0.15) is 258 Å². The number of esters is 2. The topological polar surface area (TPSA) is 210 Å². The molecule has 0 spiro atoms. The molecule has 1 aliphatic carbocycles. The van der Waals surface area contributed by atoms with Gasteiger partial charge in [-0.15, -0.1) is 0 Å². The molecule has 0 radical (unpaired) electrons. The zero-order valence-electron chi connectivity index (χ0n) is 41.3. The summed E-state index contributed by atoms with van der Waals surface area (Å²) in [6.45, 7) is 3.35. The molecule has 1 fully saturated rings. The molecule has 0 saturated heterocycles. The number of hydrogen-bond donors (Lipinski definition) is 6. The average molecular weight is 951 g/mol. The molecular formula is C51H99O13P. The van der Waals surface area contributed by atoms with Crippen LogP contribution >= 0.6 is 7.82 Å². The summed E-state index contributed by atoms with van der Waals surface area (Å²) in [6, 6.07) is 0. The number of phosphoric acid groups is 1. The quantitative estimate of drug-likeness (QED) is 0.0191. The molecule has 6 unspecified atom stereocenters. The second-order valence-electron chi connectivity index (χ2n) is 19.1. The summed E-state index contributed by atoms with van der Waals surface area (Å²) in [5.74, 6) is -1.08. The van der Waals surface area contributed by atoms with E-state index in [1.807, 2.05) is 0 Å². The van der Waals surface area contributed by atoms with E-state index in [0.29, 0.717) is 12.8 Å². The number of hydrogen-bond acceptors (Lipinski definition) is 12. The van der Waals surface area contributed by atoms with Crippen LogP contribution < -0.4 is 0 Å². The van der Waals surface area contributed by atoms with Crippen LogP contribution in [0.15, 0.2) is 0 Å². The summed E-state index contributed by atoms with van der Waals surface area (Å²) in [5, 5.41) is 50.3. The Morgan fingerprint density at radius 1 is 0.415 bits per heavy atom. The molecule has 65 heavy (non-hydrogen) atoms. The molecular weight excluding hydrogens is 852 g/mol. The predicted molar refractivity (Wildman–Crippen MR) is 258 cm³/mol. The summed E-state index contributed by atoms with van der Waals surface area (Å²) < 4.78 is 33.7. The molecule has 1 saturated carbocycles. The maximum atomic E-state index is 12.8. The van der Waals surface area contributed by atoms with Crippen LogP contribution in [0.25, 0.3) is 0 Å². The molecule has 0 aromatic rings. The Morgan fingerprint density at radius 2 is 0.692 bits per heavy atom. The van der Waals surface area contributed by atoms with Gasteiger partial charge >= 0.3 is 19.8 Å². The van der Waals surface area contributed by atoms with E-state index in [1.54, 1.807) is 0 Å². The smallest absolute Gasteiger partial charge is 0.462 e. The maximum Gasteiger partial charge on any atom is 0.472 e. The normalized spacial score (nSPS) is 21.3. The second kappa shape index (κ2) is 41.8. The minimum absolute atomic E-state index is 0.106. The van der Waals surface area contributed by atoms with Crippen molar-refractivity contribution in [1.29, 1.82) is 0 Å². The standard InChI is InChI=1S/C51H99O13P/c1-3-5-7-9-11-13-15-17-19-20-21-22-23-24-25-26-28-30-32-34-36-38-40-45(53)63-43(42-62-65(59,60)64-51-49(57)47(55)46(54)48(56)50(51)58)41-61-44(52)39-37-35-33-31-29-27-18-16-14-12-10-8-6-4-2/h43,46-51,54-58H,3-42H2,1-2H3,(H,59,60). The van der Waals surface area contributed by atoms with Crippen molar-refractivity contribution in [2.75, 3.05) is 13.2 Å². The van der Waals surface area contributed by atoms with Crippen LogP contribution in [-0.4, -0.2) is 98.3 Å². The number of carbonyl (C=O) groups is 2. The van der Waals surface area contributed by atoms with Gasteiger partial charge in [-0.2, -0.15) is 0 Å². The lowest BCUT2D eigenvalue weighted by atomic mass is 9.85. The lowest BCUT2D eigenvalue weighted by Gasteiger charge is -2.41. The Hall–Kier alpha value is -1.15. The largest absolute Gasteiger partial charge is 0.472 e. The fraction of sp³-hybridized carbons (Fsp3) is 0.961. The number of ether oxygens (including phenoxy) is 2. The molecule has 14 heteroatoms. The molecule has 6 atom stereocenters. The number of phosphoric ester groups is 1. The van der Waals surface area contributed by atoms with Crippen LogP contribution in [-0.2, 0) is 32.7 Å². The highest BCUT2D eigenvalue weighted by molar-refractivity contribution is 7.47. The molecule has 1 aliphatic rings. The third kappa shape index (κ3) is 33.9. The van der Waals surface area contributed by atoms with Gasteiger partial charge in [0, 0.05) is 12.8 Å². The Labute approximate surface area is 395 Å². The average Bonchev–Trinajstić information content (AvgIpc) is 3.29. The lowest BCUT2D eigenvalue weighted by Crippen LogP contribution is -2.64. The first-order chi connectivity index (χ1) is 31.4. The molecule has 0 aromatic carbocycles. The first-order valence-electron chi connectivity index (χ1n) is 26.8. The third-order valence-electron chi connectivity index (χ3n) is 12.9. The van der Waals surface area contributed by atoms with E-state index in [4.69, 9.17) is 18.5 Å². The molecule has 0 amide bonds. The number of carbonyl (C=O) groups excluding carboxylic acids is 2. The van der Waals surface area contributed by atoms with Crippen LogP contribution in [0.3, 0.4) is 0 Å². The van der Waals surface area contributed by atoms with Gasteiger partial charge < -0.3 is 39.9 Å². The third-order valence-corrected chi connectivity index (χ3v) is 13.9. The van der Waals surface area contributed by atoms with E-state index < -0.39 is 75.7 Å². The molecule has 0 heterocycles. The SMILES string of the molecule is CCCCCCCCCCCCCCCCCCCCCCCCC(=O)OC(COC(=O)CCCCCCCCCCCCCCCC)COP(=O)(O)OC1C(O)C(O)C(O)C(O)C1O. The van der Waals surface area contributed by atoms with E-state index >= 15 is 0 Å². The highest BCUT2D eigenvalue weighted by atomic mass is 31.2. The van der Waals surface area contributed by atoms with Crippen molar-refractivity contribution < 1.29 is 63.1 Å². The Balaban J connectivity index is 2.34. The predicted octanol–water partition coefficient (Wildman–Crippen LogP) is 11.6. The zero-order chi connectivity index (χ0) is 47.8. The zero-order valence-corrected chi connectivity index (χ0v) is 42.2. The van der Waals surface area contributed by atoms with E-state index in [2.05, 4.69) is 13.8 Å². The van der Waals surface area contributed by atoms with Crippen molar-refractivity contribution in [2.45, 2.75) is 301 Å². The highest BCUT2D eigenvalue weighted by Gasteiger charge is 2.51. The summed E-state index contributed by atoms with van der Waals surface area (Å²) in [6.07, 6.45) is 31.5. The minimum Gasteiger partial charge on any atom is -0.462 e. The van der Waals surface area contributed by atoms with E-state index in [9.17, 15) is 44.6 Å². The van der Waals surface area contributed by atoms with E-state index in [-0.39, 0.29) is 12.8 Å². The number of aliphatic hydroxyl groups excluding tert-OH is 5. The summed E-state index contributed by atoms with van der Waals surface area (Å²) in [7, 11) is -5.11. The minimum atomic E-state index is -5.11. The van der Waals surface area contributed by atoms with Gasteiger partial charge in [0.1, 0.15) is 43.2 Å². The van der Waals surface area contributed by atoms with E-state index in [0.717, 1.165) is 38.5 Å². The monoisotopic (exact) mass is 951 g/mol. The van der Waals surface area contributed by atoms with Gasteiger partial charge in [-0.25, -0.2) is 4.57 Å². The molecule has 1 rings (SSSR count). The molecule has 386 valence electrons. The highest BCUT2D eigenvalue weighted by Crippen LogP contribution is 2.47. The number of rotatable bonds is 46. The van der Waals surface area contributed by atoms with Gasteiger partial charge in [0.15, 0.2) is 6.10 Å². The summed E-state index contributed by atoms with van der Waals surface area (Å²) in [4.78, 5) is 35.8. The van der Waals surface area contributed by atoms with Gasteiger partial charge in [0.05, 0.1) is 6.61 Å². The molecule has 0 aromatic heterocycles. The Morgan fingerprint density at radius 3 is 1.02 bits per heavy atom. The second-order valence-corrected chi connectivity index (χ2v) is 20.5. The first kappa shape index (κ1) is 61.9. The van der Waals surface area contributed by atoms with Gasteiger partial charge in [-0.05, 0) is 12.8 Å². The van der Waals surface area contributed by atoms with Crippen LogP contribution in [0.2, 0.25) is 0 Å². The van der Waals surface area contributed by atoms with Crippen molar-refractivity contribution in [1.82, 2.24) is 0 Å². The van der Waals surface area contributed by atoms with E-state index in [1.165, 1.54) is 180 Å². The maximum absolute atomic E-state index is 12.8. The fourth-order valence-electron chi connectivity index (χ4n) is 8.64. The molecule has 0 bridgehead atoms. The van der Waals surface area contributed by atoms with Crippen molar-refractivity contribution in [2.24, 2.45) is 0 Å². The summed E-state index contributed by atoms with van der Waals surface area (Å²) >= 11 is 0. The van der Waals surface area contributed by atoms with Gasteiger partial charge in [-0.1, -0.05) is 232 Å². The molecule has 6 N–H and O–H groups in total. The van der Waals surface area contributed by atoms with Gasteiger partial charge in [0.2, 0.25) is 0 Å². The van der Waals surface area contributed by atoms with Crippen molar-refractivity contribution in [3.8, 4) is 0 Å². The fourth-order valence-corrected chi connectivity index (χ4v) is 9.62. The van der Waals surface area contributed by atoms with Crippen LogP contribution in [0, 0.1) is 0 Å². The van der Waals surface area contributed by atoms with Gasteiger partial charge in [-0.3, -0.25) is 18.6 Å². The van der Waals surface area contributed by atoms with Crippen LogP contribution in [0.4, 0.5) is 0 Å². The molecule has 13 nitrogen and oxygen atoms in total. The lowest BCUT2D eigenvalue weighted by molar-refractivity contribution is -0.220.